The molecule has 2 heterocycles. The van der Waals surface area contributed by atoms with Gasteiger partial charge in [0, 0.05) is 0 Å². The molecule has 2 fully saturated rings. The van der Waals surface area contributed by atoms with Crippen molar-refractivity contribution in [1.29, 1.82) is 0 Å². The molecule has 2 aliphatic rings. The van der Waals surface area contributed by atoms with Gasteiger partial charge >= 0.3 is 82.4 Å². The minimum absolute atomic E-state index is 1.60. The van der Waals surface area contributed by atoms with Crippen LogP contribution in [0.25, 0.3) is 0 Å². The topological polar surface area (TPSA) is 583 Å². The normalized spacial score (nSPS) is 30.7. The molecule has 2 aliphatic heterocycles. The van der Waals surface area contributed by atoms with Crippen molar-refractivity contribution >= 4 is 82.4 Å². The highest BCUT2D eigenvalue weighted by Gasteiger charge is 2.65. The van der Waals surface area contributed by atoms with Crippen LogP contribution >= 0.6 is 0 Å². The smallest absolute Gasteiger partial charge is 0.333 e. The molecule has 0 aromatic carbocycles. The molecule has 0 aromatic rings. The number of ether oxygens (including phenoxy) is 3. The molecule has 0 unspecified atom stereocenters. The van der Waals surface area contributed by atoms with E-state index in [0.29, 0.717) is 0 Å². The third kappa shape index (κ3) is 18.1. The summed E-state index contributed by atoms with van der Waals surface area (Å²) in [6.07, 6.45) is -23.0. The van der Waals surface area contributed by atoms with Gasteiger partial charge in [-0.15, -0.1) is 0 Å². The monoisotopic (exact) mass is 974 g/mol. The van der Waals surface area contributed by atoms with Crippen molar-refractivity contribution in [3.05, 3.63) is 0 Å². The first-order chi connectivity index (χ1) is 24.2. The minimum atomic E-state index is -5.58. The van der Waals surface area contributed by atoms with E-state index in [0.717, 1.165) is 0 Å². The van der Waals surface area contributed by atoms with E-state index in [4.69, 9.17) is 55.3 Å². The SMILES string of the molecule is NS(=O)(=O)OC[C@H]1O[C@@](COS(N)(=O)=O)(O[C@H]2O[C@H](COS(N)(=O)=O)[C@@H](OS(N)(=O)=O)[C@H](OS(N)(=O)=O)[C@H]2OS(N)(=O)=O)[C@@H](OS(N)(=O)=O)[C@@H]1OS(N)(=O)=O. The van der Waals surface area contributed by atoms with Crippen LogP contribution in [0.5, 0.6) is 0 Å². The molecule has 55 heavy (non-hydrogen) atoms. The van der Waals surface area contributed by atoms with Crippen LogP contribution < -0.4 is 41.1 Å². The lowest BCUT2D eigenvalue weighted by molar-refractivity contribution is -0.373. The highest BCUT2D eigenvalue weighted by molar-refractivity contribution is 7.86. The van der Waals surface area contributed by atoms with Gasteiger partial charge in [0.2, 0.25) is 5.79 Å². The summed E-state index contributed by atoms with van der Waals surface area (Å²) in [6.45, 7) is -5.26. The second-order valence-electron chi connectivity index (χ2n) is 10.2. The van der Waals surface area contributed by atoms with E-state index in [1.54, 1.807) is 0 Å². The second kappa shape index (κ2) is 17.2. The van der Waals surface area contributed by atoms with Gasteiger partial charge in [0.15, 0.2) is 18.5 Å². The van der Waals surface area contributed by atoms with Crippen LogP contribution in [0.1, 0.15) is 0 Å². The molecule has 9 atom stereocenters. The molecule has 0 bridgehead atoms. The summed E-state index contributed by atoms with van der Waals surface area (Å²) in [5.74, 6) is -3.74. The van der Waals surface area contributed by atoms with Gasteiger partial charge in [-0.25, -0.2) is 62.0 Å². The Morgan fingerprint density at radius 1 is 0.418 bits per heavy atom. The van der Waals surface area contributed by atoms with Crippen molar-refractivity contribution in [1.82, 2.24) is 0 Å². The van der Waals surface area contributed by atoms with Crippen molar-refractivity contribution < 1.29 is 115 Å². The first-order valence-corrected chi connectivity index (χ1v) is 24.5. The van der Waals surface area contributed by atoms with Gasteiger partial charge in [-0.05, 0) is 0 Å². The molecule has 2 rings (SSSR count). The summed E-state index contributed by atoms with van der Waals surface area (Å²) >= 11 is 0. The van der Waals surface area contributed by atoms with E-state index in [2.05, 4.69) is 33.5 Å². The highest BCUT2D eigenvalue weighted by atomic mass is 32.3. The number of nitrogens with two attached hydrogens (primary N) is 8. The maximum atomic E-state index is 12.2. The fourth-order valence-electron chi connectivity index (χ4n) is 4.33. The first kappa shape index (κ1) is 50.0. The van der Waals surface area contributed by atoms with Gasteiger partial charge < -0.3 is 14.2 Å². The van der Waals surface area contributed by atoms with E-state index >= 15 is 0 Å². The van der Waals surface area contributed by atoms with E-state index in [9.17, 15) is 67.3 Å². The molecule has 0 radical (unpaired) electrons. The number of rotatable bonds is 21. The number of hydrogen-bond acceptors (Lipinski definition) is 27. The van der Waals surface area contributed by atoms with E-state index in [-0.39, 0.29) is 0 Å². The minimum Gasteiger partial charge on any atom is -0.341 e. The Bertz CT molecular complexity index is 2300. The maximum absolute atomic E-state index is 12.2. The molecule has 328 valence electrons. The average molecular weight is 975 g/mol. The zero-order chi connectivity index (χ0) is 43.0. The van der Waals surface area contributed by atoms with Crippen molar-refractivity contribution in [2.75, 3.05) is 19.8 Å². The van der Waals surface area contributed by atoms with Crippen LogP contribution in [0.3, 0.4) is 0 Å². The summed E-state index contributed by atoms with van der Waals surface area (Å²) in [7, 11) is -43.1. The molecular formula is C12H30N8O27S8. The van der Waals surface area contributed by atoms with Gasteiger partial charge in [0.25, 0.3) is 0 Å². The van der Waals surface area contributed by atoms with Gasteiger partial charge in [0.05, 0.1) is 13.2 Å². The zero-order valence-electron chi connectivity index (χ0n) is 26.1. The molecular weight excluding hydrogens is 945 g/mol. The molecule has 0 amide bonds. The standard InChI is InChI=1S/C12H30N8O27S8/c13-48(21,22)37-1-4-6(43-51(16,27)28)8(45-53(18,31)32)9(46-54(19,33)34)11(40-4)42-12(3-39-50(15,25)26)10(47-55(20,35)36)7(44-52(17,29)30)5(41-12)2-38-49(14,23)24/h4-11H,1-3H2,(H2,13,21,22)(H2,14,23,24)(H2,15,25,26)(H2,16,27,28)(H2,17,29,30)(H2,18,31,32)(H2,19,33,34)(H2,20,35,36)/t4-,5-,6-,7-,8+,9-,10+,11-,12+/m1/s1. The van der Waals surface area contributed by atoms with Crippen LogP contribution in [0.15, 0.2) is 0 Å². The van der Waals surface area contributed by atoms with Crippen LogP contribution in [0.2, 0.25) is 0 Å². The first-order valence-electron chi connectivity index (χ1n) is 12.7. The Morgan fingerprint density at radius 2 is 0.782 bits per heavy atom. The average Bonchev–Trinajstić information content (AvgIpc) is 3.15. The summed E-state index contributed by atoms with van der Waals surface area (Å²) in [5, 5.41) is 38.6. The van der Waals surface area contributed by atoms with Crippen molar-refractivity contribution in [3.8, 4) is 0 Å². The van der Waals surface area contributed by atoms with E-state index < -0.39 is 157 Å². The van der Waals surface area contributed by atoms with Gasteiger partial charge in [0.1, 0.15) is 37.1 Å². The van der Waals surface area contributed by atoms with E-state index in [1.807, 2.05) is 0 Å². The fraction of sp³-hybridized carbons (Fsp3) is 1.00. The van der Waals surface area contributed by atoms with Gasteiger partial charge in [-0.3, -0.25) is 12.5 Å². The predicted octanol–water partition coefficient (Wildman–Crippen LogP) is -11.6. The molecule has 0 saturated carbocycles. The summed E-state index contributed by atoms with van der Waals surface area (Å²) in [4.78, 5) is 0. The predicted molar refractivity (Wildman–Crippen MR) is 164 cm³/mol. The molecule has 0 aliphatic carbocycles. The lowest BCUT2D eigenvalue weighted by atomic mass is 9.99. The third-order valence-corrected chi connectivity index (χ3v) is 9.61. The van der Waals surface area contributed by atoms with Crippen molar-refractivity contribution in [2.45, 2.75) is 54.8 Å². The van der Waals surface area contributed by atoms with Crippen LogP contribution in [0, 0.1) is 0 Å². The Balaban J connectivity index is 3.07. The summed E-state index contributed by atoms with van der Waals surface area (Å²) in [5.41, 5.74) is 0. The molecule has 0 aromatic heterocycles. The molecule has 2 saturated heterocycles. The van der Waals surface area contributed by atoms with Crippen LogP contribution in [0.4, 0.5) is 0 Å². The molecule has 35 nitrogen and oxygen atoms in total. The third-order valence-electron chi connectivity index (χ3n) is 5.79. The van der Waals surface area contributed by atoms with E-state index in [1.165, 1.54) is 0 Å². The maximum Gasteiger partial charge on any atom is 0.333 e. The van der Waals surface area contributed by atoms with Crippen LogP contribution in [-0.4, -0.2) is 142 Å². The van der Waals surface area contributed by atoms with Crippen molar-refractivity contribution in [3.63, 3.8) is 0 Å². The second-order valence-corrected chi connectivity index (χ2v) is 19.7. The molecule has 43 heteroatoms. The Morgan fingerprint density at radius 3 is 1.18 bits per heavy atom. The molecule has 0 spiro atoms. The lowest BCUT2D eigenvalue weighted by Gasteiger charge is -2.46. The largest absolute Gasteiger partial charge is 0.341 e. The highest BCUT2D eigenvalue weighted by Crippen LogP contribution is 2.42. The fourth-order valence-corrected chi connectivity index (χ4v) is 7.97. The van der Waals surface area contributed by atoms with Crippen molar-refractivity contribution in [2.24, 2.45) is 41.1 Å². The summed E-state index contributed by atoms with van der Waals surface area (Å²) < 4.78 is 243. The van der Waals surface area contributed by atoms with Gasteiger partial charge in [-0.2, -0.15) is 67.3 Å². The Labute approximate surface area is 311 Å². The lowest BCUT2D eigenvalue weighted by Crippen LogP contribution is -2.66. The molecule has 16 N–H and O–H groups in total. The quantitative estimate of drug-likeness (QED) is 0.0529. The Kier molecular flexibility index (Phi) is 15.6. The van der Waals surface area contributed by atoms with Crippen LogP contribution in [-0.2, 0) is 130 Å². The summed E-state index contributed by atoms with van der Waals surface area (Å²) in [6, 6.07) is 0. The zero-order valence-corrected chi connectivity index (χ0v) is 32.7. The van der Waals surface area contributed by atoms with Gasteiger partial charge in [-0.1, -0.05) is 0 Å². The number of hydrogen-bond donors (Lipinski definition) is 8. The Hall–Kier alpha value is -1.16.